The van der Waals surface area contributed by atoms with Crippen molar-refractivity contribution >= 4 is 0 Å². The lowest BCUT2D eigenvalue weighted by Gasteiger charge is -2.23. The molecule has 0 radical (unpaired) electrons. The van der Waals surface area contributed by atoms with Crippen molar-refractivity contribution in [2.75, 3.05) is 7.11 Å². The molecule has 1 saturated carbocycles. The van der Waals surface area contributed by atoms with Crippen LogP contribution in [0.25, 0.3) is 0 Å². The molecule has 2 nitrogen and oxygen atoms in total. The molecule has 0 saturated heterocycles. The molecule has 0 spiro atoms. The van der Waals surface area contributed by atoms with E-state index in [1.807, 2.05) is 24.3 Å². The fourth-order valence-corrected chi connectivity index (χ4v) is 2.08. The van der Waals surface area contributed by atoms with Crippen molar-refractivity contribution in [1.82, 2.24) is 0 Å². The van der Waals surface area contributed by atoms with Gasteiger partial charge in [0.1, 0.15) is 0 Å². The smallest absolute Gasteiger partial charge is 0.161 e. The highest BCUT2D eigenvalue weighted by molar-refractivity contribution is 5.39. The first-order valence-electron chi connectivity index (χ1n) is 5.70. The van der Waals surface area contributed by atoms with Crippen LogP contribution >= 0.6 is 0 Å². The summed E-state index contributed by atoms with van der Waals surface area (Å²) in [7, 11) is 1.68. The average molecular weight is 206 g/mol. The normalized spacial score (nSPS) is 17.4. The van der Waals surface area contributed by atoms with Gasteiger partial charge in [0.25, 0.3) is 0 Å². The first-order chi connectivity index (χ1) is 7.40. The molecule has 1 aliphatic rings. The van der Waals surface area contributed by atoms with Gasteiger partial charge >= 0.3 is 0 Å². The fourth-order valence-electron chi connectivity index (χ4n) is 2.08. The Morgan fingerprint density at radius 1 is 1.00 bits per heavy atom. The van der Waals surface area contributed by atoms with E-state index in [-0.39, 0.29) is 0 Å². The van der Waals surface area contributed by atoms with Crippen molar-refractivity contribution in [3.8, 4) is 11.5 Å². The lowest BCUT2D eigenvalue weighted by atomic mass is 9.98. The van der Waals surface area contributed by atoms with E-state index < -0.39 is 0 Å². The molecule has 1 fully saturated rings. The molecule has 1 aliphatic carbocycles. The first-order valence-corrected chi connectivity index (χ1v) is 5.70. The van der Waals surface area contributed by atoms with E-state index in [0.29, 0.717) is 6.10 Å². The van der Waals surface area contributed by atoms with Crippen LogP contribution in [-0.4, -0.2) is 13.2 Å². The minimum absolute atomic E-state index is 0.384. The third kappa shape index (κ3) is 2.65. The number of para-hydroxylation sites is 2. The third-order valence-corrected chi connectivity index (χ3v) is 2.91. The molecule has 0 N–H and O–H groups in total. The largest absolute Gasteiger partial charge is 0.493 e. The van der Waals surface area contributed by atoms with Crippen LogP contribution in [0.4, 0.5) is 0 Å². The van der Waals surface area contributed by atoms with Gasteiger partial charge < -0.3 is 9.47 Å². The van der Waals surface area contributed by atoms with Crippen molar-refractivity contribution in [2.24, 2.45) is 0 Å². The summed E-state index contributed by atoms with van der Waals surface area (Å²) in [5.41, 5.74) is 0. The van der Waals surface area contributed by atoms with Gasteiger partial charge in [0.05, 0.1) is 13.2 Å². The maximum atomic E-state index is 5.95. The van der Waals surface area contributed by atoms with Crippen molar-refractivity contribution < 1.29 is 9.47 Å². The van der Waals surface area contributed by atoms with Gasteiger partial charge in [-0.25, -0.2) is 0 Å². The first kappa shape index (κ1) is 10.3. The van der Waals surface area contributed by atoms with Crippen LogP contribution < -0.4 is 9.47 Å². The Hall–Kier alpha value is -1.18. The highest BCUT2D eigenvalue weighted by Gasteiger charge is 2.16. The second kappa shape index (κ2) is 5.06. The summed E-state index contributed by atoms with van der Waals surface area (Å²) >= 11 is 0. The zero-order valence-electron chi connectivity index (χ0n) is 9.24. The van der Waals surface area contributed by atoms with Gasteiger partial charge in [0, 0.05) is 0 Å². The number of benzene rings is 1. The Balaban J connectivity index is 2.02. The number of ether oxygens (including phenoxy) is 2. The van der Waals surface area contributed by atoms with Gasteiger partial charge in [0.2, 0.25) is 0 Å². The molecule has 0 unspecified atom stereocenters. The van der Waals surface area contributed by atoms with E-state index in [1.54, 1.807) is 7.11 Å². The molecular formula is C13H18O2. The van der Waals surface area contributed by atoms with Crippen LogP contribution in [0.3, 0.4) is 0 Å². The Labute approximate surface area is 91.2 Å². The van der Waals surface area contributed by atoms with Crippen LogP contribution in [0.5, 0.6) is 11.5 Å². The molecule has 1 aromatic rings. The third-order valence-electron chi connectivity index (χ3n) is 2.91. The topological polar surface area (TPSA) is 18.5 Å². The molecule has 15 heavy (non-hydrogen) atoms. The van der Waals surface area contributed by atoms with Crippen LogP contribution in [0.2, 0.25) is 0 Å². The van der Waals surface area contributed by atoms with Gasteiger partial charge in [0.15, 0.2) is 11.5 Å². The number of hydrogen-bond donors (Lipinski definition) is 0. The Kier molecular flexibility index (Phi) is 3.49. The van der Waals surface area contributed by atoms with Crippen LogP contribution in [-0.2, 0) is 0 Å². The second-order valence-electron chi connectivity index (χ2n) is 4.03. The van der Waals surface area contributed by atoms with E-state index in [4.69, 9.17) is 9.47 Å². The van der Waals surface area contributed by atoms with Crippen LogP contribution in [0.15, 0.2) is 24.3 Å². The molecule has 0 bridgehead atoms. The van der Waals surface area contributed by atoms with Gasteiger partial charge in [-0.15, -0.1) is 0 Å². The SMILES string of the molecule is COc1ccccc1OC1CCCCC1. The molecule has 0 heterocycles. The van der Waals surface area contributed by atoms with Gasteiger partial charge in [-0.05, 0) is 37.8 Å². The monoisotopic (exact) mass is 206 g/mol. The zero-order chi connectivity index (χ0) is 10.5. The van der Waals surface area contributed by atoms with Crippen molar-refractivity contribution in [3.63, 3.8) is 0 Å². The Morgan fingerprint density at radius 2 is 1.67 bits per heavy atom. The Morgan fingerprint density at radius 3 is 2.33 bits per heavy atom. The van der Waals surface area contributed by atoms with Gasteiger partial charge in [-0.1, -0.05) is 18.6 Å². The summed E-state index contributed by atoms with van der Waals surface area (Å²) in [6, 6.07) is 7.87. The van der Waals surface area contributed by atoms with Crippen LogP contribution in [0, 0.1) is 0 Å². The molecule has 2 rings (SSSR count). The predicted molar refractivity (Wildman–Crippen MR) is 60.5 cm³/mol. The summed E-state index contributed by atoms with van der Waals surface area (Å²) in [5.74, 6) is 1.72. The van der Waals surface area contributed by atoms with E-state index in [2.05, 4.69) is 0 Å². The number of methoxy groups -OCH3 is 1. The maximum absolute atomic E-state index is 5.95. The van der Waals surface area contributed by atoms with Crippen molar-refractivity contribution in [3.05, 3.63) is 24.3 Å². The standard InChI is InChI=1S/C13H18O2/c1-14-12-9-5-6-10-13(12)15-11-7-3-2-4-8-11/h5-6,9-11H,2-4,7-8H2,1H3. The van der Waals surface area contributed by atoms with E-state index in [9.17, 15) is 0 Å². The summed E-state index contributed by atoms with van der Waals surface area (Å²) in [5, 5.41) is 0. The number of hydrogen-bond acceptors (Lipinski definition) is 2. The molecule has 0 aromatic heterocycles. The van der Waals surface area contributed by atoms with E-state index >= 15 is 0 Å². The molecule has 0 aliphatic heterocycles. The summed E-state index contributed by atoms with van der Waals surface area (Å²) < 4.78 is 11.2. The van der Waals surface area contributed by atoms with Crippen LogP contribution in [0.1, 0.15) is 32.1 Å². The minimum atomic E-state index is 0.384. The highest BCUT2D eigenvalue weighted by Crippen LogP contribution is 2.30. The maximum Gasteiger partial charge on any atom is 0.161 e. The lowest BCUT2D eigenvalue weighted by Crippen LogP contribution is -2.19. The lowest BCUT2D eigenvalue weighted by molar-refractivity contribution is 0.149. The predicted octanol–water partition coefficient (Wildman–Crippen LogP) is 3.41. The molecule has 2 heteroatoms. The summed E-state index contributed by atoms with van der Waals surface area (Å²) in [6.45, 7) is 0. The fraction of sp³-hybridized carbons (Fsp3) is 0.538. The van der Waals surface area contributed by atoms with Crippen molar-refractivity contribution in [1.29, 1.82) is 0 Å². The summed E-state index contributed by atoms with van der Waals surface area (Å²) in [4.78, 5) is 0. The van der Waals surface area contributed by atoms with Gasteiger partial charge in [-0.2, -0.15) is 0 Å². The van der Waals surface area contributed by atoms with Crippen molar-refractivity contribution in [2.45, 2.75) is 38.2 Å². The highest BCUT2D eigenvalue weighted by atomic mass is 16.5. The van der Waals surface area contributed by atoms with Gasteiger partial charge in [-0.3, -0.25) is 0 Å². The summed E-state index contributed by atoms with van der Waals surface area (Å²) in [6.07, 6.45) is 6.68. The number of rotatable bonds is 3. The molecule has 0 atom stereocenters. The quantitative estimate of drug-likeness (QED) is 0.754. The Bertz CT molecular complexity index is 303. The van der Waals surface area contributed by atoms with E-state index in [0.717, 1.165) is 11.5 Å². The van der Waals surface area contributed by atoms with E-state index in [1.165, 1.54) is 32.1 Å². The molecular weight excluding hydrogens is 188 g/mol. The zero-order valence-corrected chi connectivity index (χ0v) is 9.24. The average Bonchev–Trinajstić information content (AvgIpc) is 2.31. The molecule has 0 amide bonds. The molecule has 82 valence electrons. The minimum Gasteiger partial charge on any atom is -0.493 e. The second-order valence-corrected chi connectivity index (χ2v) is 4.03. The molecule has 1 aromatic carbocycles.